The summed E-state index contributed by atoms with van der Waals surface area (Å²) in [6, 6.07) is 1.90. The highest BCUT2D eigenvalue weighted by molar-refractivity contribution is 7.92. The minimum atomic E-state index is -3.18. The van der Waals surface area contributed by atoms with E-state index in [4.69, 9.17) is 11.6 Å². The Bertz CT molecular complexity index is 665. The molecule has 0 saturated carbocycles. The van der Waals surface area contributed by atoms with E-state index in [1.807, 2.05) is 42.7 Å². The van der Waals surface area contributed by atoms with Gasteiger partial charge in [0.2, 0.25) is 0 Å². The third-order valence-corrected chi connectivity index (χ3v) is 6.13. The largest absolute Gasteiger partial charge is 0.357 e. The Kier molecular flexibility index (Phi) is 6.53. The molecule has 132 valence electrons. The van der Waals surface area contributed by atoms with Crippen LogP contribution in [0.5, 0.6) is 0 Å². The molecular weight excluding hydrogens is 336 g/mol. The van der Waals surface area contributed by atoms with Gasteiger partial charge in [-0.2, -0.15) is 0 Å². The monoisotopic (exact) mass is 362 g/mol. The van der Waals surface area contributed by atoms with Crippen molar-refractivity contribution in [1.29, 1.82) is 0 Å². The summed E-state index contributed by atoms with van der Waals surface area (Å²) in [6.07, 6.45) is 3.09. The first-order valence-corrected chi connectivity index (χ1v) is 9.74. The molecule has 0 atom stereocenters. The fourth-order valence-corrected chi connectivity index (χ4v) is 2.46. The van der Waals surface area contributed by atoms with Crippen molar-refractivity contribution in [2.24, 2.45) is 12.0 Å². The molecule has 0 unspecified atom stereocenters. The van der Waals surface area contributed by atoms with E-state index in [0.29, 0.717) is 24.1 Å². The number of aryl methyl sites for hydroxylation is 1. The second kappa shape index (κ2) is 7.57. The molecule has 1 aromatic heterocycles. The number of sulfone groups is 1. The van der Waals surface area contributed by atoms with Crippen LogP contribution in [0.2, 0.25) is 5.02 Å². The zero-order valence-corrected chi connectivity index (χ0v) is 16.3. The van der Waals surface area contributed by atoms with Crippen molar-refractivity contribution in [2.45, 2.75) is 32.1 Å². The predicted octanol–water partition coefficient (Wildman–Crippen LogP) is 1.90. The number of aromatic nitrogens is 1. The highest BCUT2D eigenvalue weighted by atomic mass is 35.5. The minimum Gasteiger partial charge on any atom is -0.357 e. The van der Waals surface area contributed by atoms with Crippen molar-refractivity contribution in [3.05, 3.63) is 23.0 Å². The Balaban J connectivity index is 2.92. The van der Waals surface area contributed by atoms with Gasteiger partial charge in [0.25, 0.3) is 0 Å². The van der Waals surface area contributed by atoms with Gasteiger partial charge < -0.3 is 14.8 Å². The van der Waals surface area contributed by atoms with Crippen LogP contribution in [0.1, 0.15) is 26.5 Å². The molecule has 0 spiro atoms. The minimum absolute atomic E-state index is 0.201. The van der Waals surface area contributed by atoms with E-state index in [0.717, 1.165) is 5.69 Å². The zero-order chi connectivity index (χ0) is 17.8. The van der Waals surface area contributed by atoms with Crippen LogP contribution in [0, 0.1) is 0 Å². The SMILES string of the molecule is CCNC(=NCC(C)(C)S(C)(=O)=O)N(C)Cc1cc(Cl)cn1C. The van der Waals surface area contributed by atoms with E-state index in [2.05, 4.69) is 10.3 Å². The molecule has 6 nitrogen and oxygen atoms in total. The van der Waals surface area contributed by atoms with Gasteiger partial charge in [0.15, 0.2) is 15.8 Å². The van der Waals surface area contributed by atoms with Crippen LogP contribution in [-0.2, 0) is 23.4 Å². The normalized spacial score (nSPS) is 13.3. The maximum absolute atomic E-state index is 11.8. The molecule has 0 bridgehead atoms. The number of nitrogens with one attached hydrogen (secondary N) is 1. The molecule has 1 N–H and O–H groups in total. The molecule has 1 rings (SSSR count). The van der Waals surface area contributed by atoms with Crippen molar-refractivity contribution in [3.8, 4) is 0 Å². The Morgan fingerprint density at radius 1 is 1.48 bits per heavy atom. The molecule has 8 heteroatoms. The number of rotatable bonds is 6. The van der Waals surface area contributed by atoms with Gasteiger partial charge in [0.05, 0.1) is 22.9 Å². The van der Waals surface area contributed by atoms with Crippen LogP contribution in [0.3, 0.4) is 0 Å². The van der Waals surface area contributed by atoms with Gasteiger partial charge in [-0.15, -0.1) is 0 Å². The molecule has 0 aliphatic heterocycles. The van der Waals surface area contributed by atoms with E-state index in [9.17, 15) is 8.42 Å². The highest BCUT2D eigenvalue weighted by Gasteiger charge is 2.30. The van der Waals surface area contributed by atoms with Gasteiger partial charge >= 0.3 is 0 Å². The molecule has 1 heterocycles. The van der Waals surface area contributed by atoms with Crippen molar-refractivity contribution in [2.75, 3.05) is 26.4 Å². The van der Waals surface area contributed by atoms with Gasteiger partial charge in [-0.1, -0.05) is 11.6 Å². The first kappa shape index (κ1) is 19.8. The van der Waals surface area contributed by atoms with Crippen molar-refractivity contribution in [1.82, 2.24) is 14.8 Å². The van der Waals surface area contributed by atoms with Crippen LogP contribution < -0.4 is 5.32 Å². The summed E-state index contributed by atoms with van der Waals surface area (Å²) in [5.41, 5.74) is 1.05. The van der Waals surface area contributed by atoms with Gasteiger partial charge in [-0.25, -0.2) is 8.42 Å². The number of hydrogen-bond acceptors (Lipinski definition) is 3. The first-order chi connectivity index (χ1) is 10.5. The summed E-state index contributed by atoms with van der Waals surface area (Å²) >= 11 is 6.01. The summed E-state index contributed by atoms with van der Waals surface area (Å²) in [5.74, 6) is 0.668. The van der Waals surface area contributed by atoms with E-state index in [1.165, 1.54) is 6.26 Å². The molecule has 0 aromatic carbocycles. The molecule has 0 fully saturated rings. The maximum atomic E-state index is 11.8. The molecule has 0 saturated heterocycles. The summed E-state index contributed by atoms with van der Waals surface area (Å²) in [5, 5.41) is 3.88. The highest BCUT2D eigenvalue weighted by Crippen LogP contribution is 2.16. The average molecular weight is 363 g/mol. The number of halogens is 1. The van der Waals surface area contributed by atoms with Crippen LogP contribution in [-0.4, -0.2) is 55.0 Å². The summed E-state index contributed by atoms with van der Waals surface area (Å²) in [7, 11) is 0.673. The lowest BCUT2D eigenvalue weighted by Gasteiger charge is -2.25. The van der Waals surface area contributed by atoms with E-state index in [1.54, 1.807) is 13.8 Å². The van der Waals surface area contributed by atoms with Crippen LogP contribution >= 0.6 is 11.6 Å². The van der Waals surface area contributed by atoms with Crippen molar-refractivity contribution in [3.63, 3.8) is 0 Å². The lowest BCUT2D eigenvalue weighted by Crippen LogP contribution is -2.41. The summed E-state index contributed by atoms with van der Waals surface area (Å²) < 4.78 is 24.7. The Labute approximate surface area is 144 Å². The predicted molar refractivity (Wildman–Crippen MR) is 96.8 cm³/mol. The van der Waals surface area contributed by atoms with E-state index >= 15 is 0 Å². The molecule has 0 aliphatic rings. The smallest absolute Gasteiger partial charge is 0.194 e. The van der Waals surface area contributed by atoms with Gasteiger partial charge in [-0.05, 0) is 26.8 Å². The summed E-state index contributed by atoms with van der Waals surface area (Å²) in [6.45, 7) is 6.88. The molecule has 0 radical (unpaired) electrons. The van der Waals surface area contributed by atoms with Crippen LogP contribution in [0.4, 0.5) is 0 Å². The molecule has 0 aliphatic carbocycles. The molecular formula is C15H27ClN4O2S. The van der Waals surface area contributed by atoms with Crippen molar-refractivity contribution >= 4 is 27.4 Å². The fraction of sp³-hybridized carbons (Fsp3) is 0.667. The Morgan fingerprint density at radius 3 is 2.52 bits per heavy atom. The number of nitrogens with zero attached hydrogens (tertiary/aromatic N) is 3. The molecule has 23 heavy (non-hydrogen) atoms. The van der Waals surface area contributed by atoms with Crippen LogP contribution in [0.15, 0.2) is 17.3 Å². The lowest BCUT2D eigenvalue weighted by atomic mass is 10.2. The number of hydrogen-bond donors (Lipinski definition) is 1. The molecule has 1 aromatic rings. The number of guanidine groups is 1. The lowest BCUT2D eigenvalue weighted by molar-refractivity contribution is 0.459. The number of aliphatic imine (C=N–C) groups is 1. The van der Waals surface area contributed by atoms with Gasteiger partial charge in [0, 0.05) is 38.8 Å². The maximum Gasteiger partial charge on any atom is 0.194 e. The third-order valence-electron chi connectivity index (χ3n) is 3.78. The van der Waals surface area contributed by atoms with Gasteiger partial charge in [-0.3, -0.25) is 4.99 Å². The molecule has 0 amide bonds. The quantitative estimate of drug-likeness (QED) is 0.620. The second-order valence-corrected chi connectivity index (χ2v) is 9.40. The zero-order valence-electron chi connectivity index (χ0n) is 14.7. The van der Waals surface area contributed by atoms with E-state index in [-0.39, 0.29) is 6.54 Å². The standard InChI is InChI=1S/C15H27ClN4O2S/c1-7-17-14(18-11-15(2,3)23(6,21)22)20(5)10-13-8-12(16)9-19(13)4/h8-9H,7,10-11H2,1-6H3,(H,17,18). The van der Waals surface area contributed by atoms with Gasteiger partial charge in [0.1, 0.15) is 0 Å². The fourth-order valence-electron chi connectivity index (χ4n) is 1.89. The second-order valence-electron chi connectivity index (χ2n) is 6.32. The van der Waals surface area contributed by atoms with Crippen molar-refractivity contribution < 1.29 is 8.42 Å². The Hall–Kier alpha value is -1.21. The average Bonchev–Trinajstić information content (AvgIpc) is 2.71. The van der Waals surface area contributed by atoms with Crippen LogP contribution in [0.25, 0.3) is 0 Å². The Morgan fingerprint density at radius 2 is 2.09 bits per heavy atom. The third kappa shape index (κ3) is 5.42. The van der Waals surface area contributed by atoms with E-state index < -0.39 is 14.6 Å². The topological polar surface area (TPSA) is 66.7 Å². The summed E-state index contributed by atoms with van der Waals surface area (Å²) in [4.78, 5) is 6.45. The first-order valence-electron chi connectivity index (χ1n) is 7.47.